The number of hydrogen-bond acceptors (Lipinski definition) is 2. The Morgan fingerprint density at radius 2 is 1.67 bits per heavy atom. The second-order valence-electron chi connectivity index (χ2n) is 5.54. The van der Waals surface area contributed by atoms with Crippen LogP contribution in [-0.2, 0) is 0 Å². The van der Waals surface area contributed by atoms with Gasteiger partial charge in [-0.25, -0.2) is 0 Å². The molecule has 1 rings (SSSR count). The quantitative estimate of drug-likeness (QED) is 0.811. The minimum atomic E-state index is 0.278. The zero-order valence-corrected chi connectivity index (χ0v) is 12.4. The molecule has 0 aliphatic heterocycles. The highest BCUT2D eigenvalue weighted by molar-refractivity contribution is 5.37. The van der Waals surface area contributed by atoms with Crippen molar-refractivity contribution in [2.24, 2.45) is 5.92 Å². The first-order chi connectivity index (χ1) is 8.45. The smallest absolute Gasteiger partial charge is 0.0434 e. The molecule has 1 aromatic rings. The van der Waals surface area contributed by atoms with E-state index in [0.29, 0.717) is 12.0 Å². The lowest BCUT2D eigenvalue weighted by Crippen LogP contribution is -2.25. The number of benzene rings is 1. The molecule has 0 saturated heterocycles. The van der Waals surface area contributed by atoms with E-state index < -0.39 is 0 Å². The van der Waals surface area contributed by atoms with Gasteiger partial charge < -0.3 is 10.4 Å². The van der Waals surface area contributed by atoms with Gasteiger partial charge in [0.15, 0.2) is 0 Å². The van der Waals surface area contributed by atoms with E-state index in [1.165, 1.54) is 22.3 Å². The topological polar surface area (TPSA) is 32.3 Å². The van der Waals surface area contributed by atoms with Crippen molar-refractivity contribution in [1.29, 1.82) is 0 Å². The predicted octanol–water partition coefficient (Wildman–Crippen LogP) is 3.28. The van der Waals surface area contributed by atoms with Crippen LogP contribution >= 0.6 is 0 Å². The summed E-state index contributed by atoms with van der Waals surface area (Å²) in [7, 11) is 0. The monoisotopic (exact) mass is 249 g/mol. The maximum atomic E-state index is 8.90. The van der Waals surface area contributed by atoms with Crippen molar-refractivity contribution in [3.63, 3.8) is 0 Å². The number of aliphatic hydroxyl groups excluding tert-OH is 1. The van der Waals surface area contributed by atoms with E-state index in [4.69, 9.17) is 5.11 Å². The SMILES string of the molecule is Cc1cc(C)c(C(C)NCC(C)CCO)cc1C. The largest absolute Gasteiger partial charge is 0.396 e. The van der Waals surface area contributed by atoms with Crippen LogP contribution in [0.3, 0.4) is 0 Å². The Hall–Kier alpha value is -0.860. The van der Waals surface area contributed by atoms with Crippen LogP contribution in [0.5, 0.6) is 0 Å². The molecule has 2 nitrogen and oxygen atoms in total. The van der Waals surface area contributed by atoms with Crippen LogP contribution < -0.4 is 5.32 Å². The van der Waals surface area contributed by atoms with Crippen LogP contribution in [0.25, 0.3) is 0 Å². The molecule has 0 amide bonds. The molecule has 0 radical (unpaired) electrons. The maximum Gasteiger partial charge on any atom is 0.0434 e. The van der Waals surface area contributed by atoms with Gasteiger partial charge in [0, 0.05) is 12.6 Å². The summed E-state index contributed by atoms with van der Waals surface area (Å²) in [6.45, 7) is 12.1. The van der Waals surface area contributed by atoms with Crippen molar-refractivity contribution < 1.29 is 5.11 Å². The number of aliphatic hydroxyl groups is 1. The Morgan fingerprint density at radius 1 is 1.06 bits per heavy atom. The van der Waals surface area contributed by atoms with Gasteiger partial charge in [-0.05, 0) is 68.8 Å². The lowest BCUT2D eigenvalue weighted by molar-refractivity contribution is 0.258. The van der Waals surface area contributed by atoms with E-state index in [1.807, 2.05) is 0 Å². The summed E-state index contributed by atoms with van der Waals surface area (Å²) in [5.74, 6) is 0.518. The van der Waals surface area contributed by atoms with Crippen molar-refractivity contribution in [3.05, 3.63) is 34.4 Å². The highest BCUT2D eigenvalue weighted by Crippen LogP contribution is 2.21. The fourth-order valence-electron chi connectivity index (χ4n) is 2.26. The van der Waals surface area contributed by atoms with Crippen molar-refractivity contribution in [3.8, 4) is 0 Å². The summed E-state index contributed by atoms with van der Waals surface area (Å²) in [6, 6.07) is 4.92. The second-order valence-corrected chi connectivity index (χ2v) is 5.54. The molecule has 0 heterocycles. The van der Waals surface area contributed by atoms with Crippen LogP contribution in [0.1, 0.15) is 48.6 Å². The molecule has 0 spiro atoms. The van der Waals surface area contributed by atoms with E-state index >= 15 is 0 Å². The van der Waals surface area contributed by atoms with Crippen molar-refractivity contribution in [2.75, 3.05) is 13.2 Å². The molecule has 0 aliphatic carbocycles. The van der Waals surface area contributed by atoms with Gasteiger partial charge in [-0.1, -0.05) is 19.1 Å². The lowest BCUT2D eigenvalue weighted by Gasteiger charge is -2.20. The molecule has 0 fully saturated rings. The first-order valence-corrected chi connectivity index (χ1v) is 6.87. The molecular weight excluding hydrogens is 222 g/mol. The number of nitrogens with one attached hydrogen (secondary N) is 1. The van der Waals surface area contributed by atoms with Crippen molar-refractivity contribution >= 4 is 0 Å². The molecule has 1 aromatic carbocycles. The van der Waals surface area contributed by atoms with Gasteiger partial charge in [-0.15, -0.1) is 0 Å². The second kappa shape index (κ2) is 6.91. The van der Waals surface area contributed by atoms with Gasteiger partial charge in [-0.2, -0.15) is 0 Å². The Balaban J connectivity index is 2.66. The first-order valence-electron chi connectivity index (χ1n) is 6.87. The summed E-state index contributed by atoms with van der Waals surface area (Å²) >= 11 is 0. The third kappa shape index (κ3) is 4.11. The first kappa shape index (κ1) is 15.2. The maximum absolute atomic E-state index is 8.90. The van der Waals surface area contributed by atoms with Gasteiger partial charge >= 0.3 is 0 Å². The molecule has 2 heteroatoms. The van der Waals surface area contributed by atoms with E-state index in [1.54, 1.807) is 0 Å². The van der Waals surface area contributed by atoms with Crippen LogP contribution in [0, 0.1) is 26.7 Å². The number of aryl methyl sites for hydroxylation is 3. The lowest BCUT2D eigenvalue weighted by atomic mass is 9.96. The fraction of sp³-hybridized carbons (Fsp3) is 0.625. The summed E-state index contributed by atoms with van der Waals surface area (Å²) in [4.78, 5) is 0. The molecule has 2 N–H and O–H groups in total. The van der Waals surface area contributed by atoms with E-state index in [-0.39, 0.29) is 6.61 Å². The Morgan fingerprint density at radius 3 is 2.28 bits per heavy atom. The minimum Gasteiger partial charge on any atom is -0.396 e. The zero-order chi connectivity index (χ0) is 13.7. The molecule has 2 unspecified atom stereocenters. The van der Waals surface area contributed by atoms with E-state index in [2.05, 4.69) is 52.1 Å². The average molecular weight is 249 g/mol. The Kier molecular flexibility index (Phi) is 5.83. The Bertz CT molecular complexity index is 387. The predicted molar refractivity (Wildman–Crippen MR) is 77.9 cm³/mol. The standard InChI is InChI=1S/C16H27NO/c1-11(6-7-18)10-17-15(5)16-9-13(3)12(2)8-14(16)4/h8-9,11,15,17-18H,6-7,10H2,1-5H3. The molecule has 0 aromatic heterocycles. The molecule has 0 saturated carbocycles. The molecule has 0 aliphatic rings. The molecule has 0 bridgehead atoms. The number of rotatable bonds is 6. The highest BCUT2D eigenvalue weighted by atomic mass is 16.3. The summed E-state index contributed by atoms with van der Waals surface area (Å²) in [6.07, 6.45) is 0.867. The molecule has 2 atom stereocenters. The van der Waals surface area contributed by atoms with Gasteiger partial charge in [0.1, 0.15) is 0 Å². The minimum absolute atomic E-state index is 0.278. The van der Waals surface area contributed by atoms with Crippen LogP contribution in [0.2, 0.25) is 0 Å². The van der Waals surface area contributed by atoms with Crippen LogP contribution in [0.15, 0.2) is 12.1 Å². The summed E-state index contributed by atoms with van der Waals surface area (Å²) in [5, 5.41) is 12.5. The van der Waals surface area contributed by atoms with Gasteiger partial charge in [0.05, 0.1) is 0 Å². The van der Waals surface area contributed by atoms with Gasteiger partial charge in [0.25, 0.3) is 0 Å². The van der Waals surface area contributed by atoms with Crippen molar-refractivity contribution in [1.82, 2.24) is 5.32 Å². The molecule has 18 heavy (non-hydrogen) atoms. The summed E-state index contributed by atoms with van der Waals surface area (Å²) in [5.41, 5.74) is 5.45. The highest BCUT2D eigenvalue weighted by Gasteiger charge is 2.11. The normalized spacial score (nSPS) is 14.6. The zero-order valence-electron chi connectivity index (χ0n) is 12.4. The van der Waals surface area contributed by atoms with Gasteiger partial charge in [0.2, 0.25) is 0 Å². The Labute approximate surface area is 111 Å². The fourth-order valence-corrected chi connectivity index (χ4v) is 2.26. The van der Waals surface area contributed by atoms with Gasteiger partial charge in [-0.3, -0.25) is 0 Å². The summed E-state index contributed by atoms with van der Waals surface area (Å²) < 4.78 is 0. The third-order valence-electron chi connectivity index (χ3n) is 3.74. The molecular formula is C16H27NO. The van der Waals surface area contributed by atoms with E-state index in [0.717, 1.165) is 13.0 Å². The van der Waals surface area contributed by atoms with Crippen molar-refractivity contribution in [2.45, 2.75) is 47.1 Å². The van der Waals surface area contributed by atoms with Crippen LogP contribution in [0.4, 0.5) is 0 Å². The average Bonchev–Trinajstić information content (AvgIpc) is 2.31. The van der Waals surface area contributed by atoms with E-state index in [9.17, 15) is 0 Å². The van der Waals surface area contributed by atoms with Crippen LogP contribution in [-0.4, -0.2) is 18.3 Å². The number of hydrogen-bond donors (Lipinski definition) is 2. The molecule has 102 valence electrons. The third-order valence-corrected chi connectivity index (χ3v) is 3.74.